The second-order valence-electron chi connectivity index (χ2n) is 8.28. The zero-order chi connectivity index (χ0) is 24.7. The summed E-state index contributed by atoms with van der Waals surface area (Å²) in [5, 5.41) is 11.1. The second kappa shape index (κ2) is 10.7. The largest absolute Gasteiger partial charge is 0.497 e. The van der Waals surface area contributed by atoms with E-state index in [2.05, 4.69) is 44.8 Å². The van der Waals surface area contributed by atoms with E-state index in [1.54, 1.807) is 31.7 Å². The number of methoxy groups -OCH3 is 1. The summed E-state index contributed by atoms with van der Waals surface area (Å²) in [6.45, 7) is 0. The Kier molecular flexibility index (Phi) is 6.80. The van der Waals surface area contributed by atoms with Gasteiger partial charge in [0.1, 0.15) is 5.75 Å². The fourth-order valence-corrected chi connectivity index (χ4v) is 4.08. The number of benzene rings is 3. The molecule has 0 spiro atoms. The molecule has 7 heteroatoms. The van der Waals surface area contributed by atoms with Gasteiger partial charge in [-0.2, -0.15) is 10.2 Å². The molecule has 0 aliphatic carbocycles. The molecule has 1 N–H and O–H groups in total. The molecule has 0 radical (unpaired) electrons. The van der Waals surface area contributed by atoms with E-state index in [-0.39, 0.29) is 11.9 Å². The van der Waals surface area contributed by atoms with Crippen molar-refractivity contribution in [2.45, 2.75) is 12.5 Å². The summed E-state index contributed by atoms with van der Waals surface area (Å²) in [5.41, 5.74) is 8.13. The van der Waals surface area contributed by atoms with Crippen molar-refractivity contribution in [2.75, 3.05) is 12.1 Å². The van der Waals surface area contributed by atoms with Crippen LogP contribution < -0.4 is 15.2 Å². The van der Waals surface area contributed by atoms with Gasteiger partial charge in [-0.05, 0) is 53.1 Å². The molecule has 1 atom stereocenters. The molecular formula is C29H25N5O2. The maximum absolute atomic E-state index is 12.1. The quantitative estimate of drug-likeness (QED) is 0.294. The highest BCUT2D eigenvalue weighted by atomic mass is 16.5. The minimum Gasteiger partial charge on any atom is -0.497 e. The molecule has 0 saturated carbocycles. The van der Waals surface area contributed by atoms with Crippen LogP contribution in [-0.2, 0) is 0 Å². The van der Waals surface area contributed by atoms with E-state index < -0.39 is 0 Å². The van der Waals surface area contributed by atoms with Crippen molar-refractivity contribution in [2.24, 2.45) is 10.2 Å². The third-order valence-electron chi connectivity index (χ3n) is 5.98. The lowest BCUT2D eigenvalue weighted by molar-refractivity contribution is 0.0955. The first-order valence-electron chi connectivity index (χ1n) is 11.6. The summed E-state index contributed by atoms with van der Waals surface area (Å²) in [5.74, 6) is 0.518. The highest BCUT2D eigenvalue weighted by molar-refractivity contribution is 6.03. The molecule has 178 valence electrons. The number of hydrogen-bond acceptors (Lipinski definition) is 6. The molecule has 7 nitrogen and oxygen atoms in total. The molecule has 1 aromatic heterocycles. The Bertz CT molecular complexity index is 1370. The molecule has 1 aliphatic rings. The van der Waals surface area contributed by atoms with Gasteiger partial charge in [0, 0.05) is 18.8 Å². The van der Waals surface area contributed by atoms with E-state index in [1.807, 2.05) is 54.6 Å². The lowest BCUT2D eigenvalue weighted by Gasteiger charge is -2.24. The van der Waals surface area contributed by atoms with Crippen LogP contribution in [0.15, 0.2) is 114 Å². The van der Waals surface area contributed by atoms with Crippen LogP contribution in [0.1, 0.15) is 39.5 Å². The summed E-state index contributed by atoms with van der Waals surface area (Å²) < 4.78 is 5.34. The normalized spacial score (nSPS) is 15.1. The number of nitrogens with one attached hydrogen (secondary N) is 1. The average Bonchev–Trinajstić information content (AvgIpc) is 3.40. The van der Waals surface area contributed by atoms with Gasteiger partial charge in [-0.3, -0.25) is 14.8 Å². The number of carbonyl (C=O) groups is 1. The SMILES string of the molecule is COc1ccc([C@@H]2CC(c3ccccc3)=NN2c2ccc(/C=N\NC(=O)c3cccnc3)cc2)cc1. The van der Waals surface area contributed by atoms with Gasteiger partial charge in [0.15, 0.2) is 0 Å². The van der Waals surface area contributed by atoms with E-state index in [9.17, 15) is 4.79 Å². The zero-order valence-corrected chi connectivity index (χ0v) is 19.8. The highest BCUT2D eigenvalue weighted by Crippen LogP contribution is 2.37. The third-order valence-corrected chi connectivity index (χ3v) is 5.98. The van der Waals surface area contributed by atoms with Gasteiger partial charge in [-0.15, -0.1) is 0 Å². The molecule has 2 heterocycles. The molecule has 3 aromatic carbocycles. The van der Waals surface area contributed by atoms with Gasteiger partial charge in [-0.25, -0.2) is 5.43 Å². The van der Waals surface area contributed by atoms with Gasteiger partial charge >= 0.3 is 0 Å². The van der Waals surface area contributed by atoms with Crippen LogP contribution >= 0.6 is 0 Å². The Hall–Kier alpha value is -4.78. The molecule has 0 unspecified atom stereocenters. The molecule has 5 rings (SSSR count). The number of rotatable bonds is 7. The van der Waals surface area contributed by atoms with Crippen LogP contribution in [0.3, 0.4) is 0 Å². The number of ether oxygens (including phenoxy) is 1. The molecule has 36 heavy (non-hydrogen) atoms. The Morgan fingerprint density at radius 1 is 1.00 bits per heavy atom. The van der Waals surface area contributed by atoms with E-state index in [0.29, 0.717) is 5.56 Å². The number of aromatic nitrogens is 1. The highest BCUT2D eigenvalue weighted by Gasteiger charge is 2.29. The Balaban J connectivity index is 1.35. The van der Waals surface area contributed by atoms with E-state index in [1.165, 1.54) is 6.20 Å². The predicted molar refractivity (Wildman–Crippen MR) is 142 cm³/mol. The van der Waals surface area contributed by atoms with Crippen molar-refractivity contribution < 1.29 is 9.53 Å². The number of hydrogen-bond donors (Lipinski definition) is 1. The first kappa shape index (κ1) is 23.0. The Morgan fingerprint density at radius 3 is 2.47 bits per heavy atom. The molecule has 1 aliphatic heterocycles. The van der Waals surface area contributed by atoms with Crippen molar-refractivity contribution in [1.82, 2.24) is 10.4 Å². The van der Waals surface area contributed by atoms with Crippen molar-refractivity contribution in [3.05, 3.63) is 126 Å². The number of carbonyl (C=O) groups excluding carboxylic acids is 1. The number of amides is 1. The summed E-state index contributed by atoms with van der Waals surface area (Å²) in [6.07, 6.45) is 5.52. The van der Waals surface area contributed by atoms with Crippen molar-refractivity contribution >= 4 is 23.5 Å². The van der Waals surface area contributed by atoms with Gasteiger partial charge < -0.3 is 4.74 Å². The second-order valence-corrected chi connectivity index (χ2v) is 8.28. The first-order valence-corrected chi connectivity index (χ1v) is 11.6. The number of anilines is 1. The van der Waals surface area contributed by atoms with Crippen LogP contribution in [0.2, 0.25) is 0 Å². The zero-order valence-electron chi connectivity index (χ0n) is 19.8. The van der Waals surface area contributed by atoms with Crippen LogP contribution in [-0.4, -0.2) is 29.9 Å². The topological polar surface area (TPSA) is 79.2 Å². The third kappa shape index (κ3) is 5.15. The van der Waals surface area contributed by atoms with Crippen LogP contribution in [0.4, 0.5) is 5.69 Å². The number of pyridine rings is 1. The fraction of sp³-hybridized carbons (Fsp3) is 0.103. The number of hydrazone groups is 2. The Labute approximate surface area is 209 Å². The lowest BCUT2D eigenvalue weighted by Crippen LogP contribution is -2.18. The molecule has 4 aromatic rings. The molecule has 1 amide bonds. The van der Waals surface area contributed by atoms with Gasteiger partial charge in [-0.1, -0.05) is 54.6 Å². The minimum atomic E-state index is -0.307. The lowest BCUT2D eigenvalue weighted by atomic mass is 9.98. The van der Waals surface area contributed by atoms with Crippen LogP contribution in [0.5, 0.6) is 5.75 Å². The summed E-state index contributed by atoms with van der Waals surface area (Å²) >= 11 is 0. The molecule has 0 bridgehead atoms. The number of nitrogens with zero attached hydrogens (tertiary/aromatic N) is 4. The van der Waals surface area contributed by atoms with Crippen molar-refractivity contribution in [1.29, 1.82) is 0 Å². The maximum atomic E-state index is 12.1. The van der Waals surface area contributed by atoms with Crippen molar-refractivity contribution in [3.8, 4) is 5.75 Å². The van der Waals surface area contributed by atoms with Crippen molar-refractivity contribution in [3.63, 3.8) is 0 Å². The summed E-state index contributed by atoms with van der Waals surface area (Å²) in [6, 6.07) is 29.8. The first-order chi connectivity index (χ1) is 17.7. The maximum Gasteiger partial charge on any atom is 0.272 e. The van der Waals surface area contributed by atoms with E-state index in [4.69, 9.17) is 9.84 Å². The standard InChI is InChI=1S/C29H25N5O2/c1-36-26-15-11-23(12-16-26)28-18-27(22-6-3-2-4-7-22)33-34(28)25-13-9-21(10-14-25)19-31-32-29(35)24-8-5-17-30-20-24/h2-17,19-20,28H,18H2,1H3,(H,32,35)/b31-19-/t28-/m0/s1. The molecular weight excluding hydrogens is 450 g/mol. The van der Waals surface area contributed by atoms with Gasteiger partial charge in [0.25, 0.3) is 5.91 Å². The van der Waals surface area contributed by atoms with Crippen LogP contribution in [0.25, 0.3) is 0 Å². The smallest absolute Gasteiger partial charge is 0.272 e. The van der Waals surface area contributed by atoms with E-state index >= 15 is 0 Å². The van der Waals surface area contributed by atoms with Gasteiger partial charge in [0.2, 0.25) is 0 Å². The van der Waals surface area contributed by atoms with Crippen LogP contribution in [0, 0.1) is 0 Å². The Morgan fingerprint density at radius 2 is 1.78 bits per heavy atom. The predicted octanol–water partition coefficient (Wildman–Crippen LogP) is 5.21. The summed E-state index contributed by atoms with van der Waals surface area (Å²) in [4.78, 5) is 16.1. The molecule has 0 saturated heterocycles. The average molecular weight is 476 g/mol. The monoisotopic (exact) mass is 475 g/mol. The fourth-order valence-electron chi connectivity index (χ4n) is 4.08. The summed E-state index contributed by atoms with van der Waals surface area (Å²) in [7, 11) is 1.67. The minimum absolute atomic E-state index is 0.0596. The van der Waals surface area contributed by atoms with Gasteiger partial charge in [0.05, 0.1) is 36.3 Å². The van der Waals surface area contributed by atoms with E-state index in [0.717, 1.165) is 40.3 Å². The molecule has 0 fully saturated rings.